The molecule has 0 atom stereocenters. The van der Waals surface area contributed by atoms with E-state index in [9.17, 15) is 4.79 Å². The van der Waals surface area contributed by atoms with Crippen LogP contribution in [-0.4, -0.2) is 5.91 Å². The molecule has 0 aliphatic carbocycles. The maximum atomic E-state index is 11.3. The summed E-state index contributed by atoms with van der Waals surface area (Å²) in [4.78, 5) is 11.3. The van der Waals surface area contributed by atoms with E-state index in [0.717, 1.165) is 6.42 Å². The summed E-state index contributed by atoms with van der Waals surface area (Å²) < 4.78 is 0. The standard InChI is InChI=1S/C11H13NO/c1-3-9-5-7-10(8-6-9)11(13)12-4-2/h4-8H,2-3H2,1H3,(H,12,13). The molecular weight excluding hydrogens is 162 g/mol. The highest BCUT2D eigenvalue weighted by atomic mass is 16.1. The van der Waals surface area contributed by atoms with E-state index in [1.807, 2.05) is 24.3 Å². The summed E-state index contributed by atoms with van der Waals surface area (Å²) in [6, 6.07) is 7.55. The van der Waals surface area contributed by atoms with E-state index in [1.54, 1.807) is 0 Å². The number of nitrogens with one attached hydrogen (secondary N) is 1. The maximum Gasteiger partial charge on any atom is 0.255 e. The normalized spacial score (nSPS) is 9.31. The van der Waals surface area contributed by atoms with Gasteiger partial charge < -0.3 is 5.32 Å². The predicted octanol–water partition coefficient (Wildman–Crippen LogP) is 2.12. The summed E-state index contributed by atoms with van der Waals surface area (Å²) in [5.74, 6) is -0.113. The molecule has 0 aliphatic heterocycles. The number of aryl methyl sites for hydroxylation is 1. The van der Waals surface area contributed by atoms with Crippen LogP contribution in [0.4, 0.5) is 0 Å². The second kappa shape index (κ2) is 4.45. The molecule has 1 aromatic rings. The minimum absolute atomic E-state index is 0.113. The zero-order valence-electron chi connectivity index (χ0n) is 7.71. The van der Waals surface area contributed by atoms with E-state index in [4.69, 9.17) is 0 Å². The van der Waals surface area contributed by atoms with Gasteiger partial charge in [-0.15, -0.1) is 0 Å². The molecule has 0 spiro atoms. The van der Waals surface area contributed by atoms with Crippen molar-refractivity contribution in [3.63, 3.8) is 0 Å². The van der Waals surface area contributed by atoms with Gasteiger partial charge in [0.25, 0.3) is 5.91 Å². The van der Waals surface area contributed by atoms with Gasteiger partial charge in [-0.2, -0.15) is 0 Å². The lowest BCUT2D eigenvalue weighted by Gasteiger charge is -2.00. The highest BCUT2D eigenvalue weighted by Crippen LogP contribution is 2.04. The summed E-state index contributed by atoms with van der Waals surface area (Å²) in [7, 11) is 0. The Balaban J connectivity index is 2.79. The smallest absolute Gasteiger partial charge is 0.255 e. The molecule has 0 bridgehead atoms. The molecule has 1 N–H and O–H groups in total. The third-order valence-electron chi connectivity index (χ3n) is 1.86. The summed E-state index contributed by atoms with van der Waals surface area (Å²) in [5, 5.41) is 2.52. The number of carbonyl (C=O) groups excluding carboxylic acids is 1. The Morgan fingerprint density at radius 2 is 2.08 bits per heavy atom. The zero-order valence-corrected chi connectivity index (χ0v) is 7.71. The number of amides is 1. The average molecular weight is 175 g/mol. The van der Waals surface area contributed by atoms with E-state index in [2.05, 4.69) is 18.8 Å². The molecule has 2 heteroatoms. The highest BCUT2D eigenvalue weighted by molar-refractivity contribution is 5.94. The van der Waals surface area contributed by atoms with Gasteiger partial charge >= 0.3 is 0 Å². The van der Waals surface area contributed by atoms with Crippen molar-refractivity contribution in [2.75, 3.05) is 0 Å². The highest BCUT2D eigenvalue weighted by Gasteiger charge is 2.01. The van der Waals surface area contributed by atoms with Crippen molar-refractivity contribution >= 4 is 5.91 Å². The van der Waals surface area contributed by atoms with Gasteiger partial charge in [-0.25, -0.2) is 0 Å². The summed E-state index contributed by atoms with van der Waals surface area (Å²) in [6.45, 7) is 5.51. The van der Waals surface area contributed by atoms with Crippen LogP contribution in [-0.2, 0) is 6.42 Å². The Hall–Kier alpha value is -1.57. The molecule has 0 fully saturated rings. The fourth-order valence-corrected chi connectivity index (χ4v) is 1.07. The van der Waals surface area contributed by atoms with Crippen LogP contribution in [0.5, 0.6) is 0 Å². The lowest BCUT2D eigenvalue weighted by Crippen LogP contribution is -2.16. The van der Waals surface area contributed by atoms with Gasteiger partial charge in [-0.05, 0) is 30.3 Å². The second-order valence-corrected chi connectivity index (χ2v) is 2.73. The van der Waals surface area contributed by atoms with Crippen LogP contribution in [0.2, 0.25) is 0 Å². The third-order valence-corrected chi connectivity index (χ3v) is 1.86. The first kappa shape index (κ1) is 9.52. The van der Waals surface area contributed by atoms with Crippen molar-refractivity contribution in [3.05, 3.63) is 48.2 Å². The topological polar surface area (TPSA) is 29.1 Å². The van der Waals surface area contributed by atoms with Gasteiger partial charge in [-0.1, -0.05) is 25.6 Å². The van der Waals surface area contributed by atoms with Gasteiger partial charge in [0.2, 0.25) is 0 Å². The molecule has 0 heterocycles. The largest absolute Gasteiger partial charge is 0.329 e. The predicted molar refractivity (Wildman–Crippen MR) is 53.5 cm³/mol. The quantitative estimate of drug-likeness (QED) is 0.749. The fraction of sp³-hybridized carbons (Fsp3) is 0.182. The first-order chi connectivity index (χ1) is 6.27. The molecule has 0 saturated carbocycles. The van der Waals surface area contributed by atoms with Gasteiger partial charge in [0.1, 0.15) is 0 Å². The zero-order chi connectivity index (χ0) is 9.68. The Kier molecular flexibility index (Phi) is 3.26. The van der Waals surface area contributed by atoms with Gasteiger partial charge in [0.05, 0.1) is 0 Å². The minimum atomic E-state index is -0.113. The number of hydrogen-bond donors (Lipinski definition) is 1. The van der Waals surface area contributed by atoms with Crippen molar-refractivity contribution < 1.29 is 4.79 Å². The molecule has 1 rings (SSSR count). The molecule has 0 unspecified atom stereocenters. The molecule has 0 aromatic heterocycles. The molecule has 0 saturated heterocycles. The van der Waals surface area contributed by atoms with Crippen LogP contribution >= 0.6 is 0 Å². The van der Waals surface area contributed by atoms with E-state index >= 15 is 0 Å². The monoisotopic (exact) mass is 175 g/mol. The van der Waals surface area contributed by atoms with Crippen molar-refractivity contribution in [1.29, 1.82) is 0 Å². The van der Waals surface area contributed by atoms with Crippen LogP contribution in [0.3, 0.4) is 0 Å². The Morgan fingerprint density at radius 1 is 1.46 bits per heavy atom. The third kappa shape index (κ3) is 2.44. The summed E-state index contributed by atoms with van der Waals surface area (Å²) in [5.41, 5.74) is 1.90. The molecule has 0 radical (unpaired) electrons. The van der Waals surface area contributed by atoms with Crippen LogP contribution in [0.1, 0.15) is 22.8 Å². The molecule has 68 valence electrons. The average Bonchev–Trinajstić information content (AvgIpc) is 2.18. The Morgan fingerprint density at radius 3 is 2.54 bits per heavy atom. The number of hydrogen-bond acceptors (Lipinski definition) is 1. The van der Waals surface area contributed by atoms with Crippen LogP contribution in [0.25, 0.3) is 0 Å². The summed E-state index contributed by atoms with van der Waals surface area (Å²) in [6.07, 6.45) is 2.37. The number of rotatable bonds is 3. The molecule has 2 nitrogen and oxygen atoms in total. The van der Waals surface area contributed by atoms with Crippen molar-refractivity contribution in [2.24, 2.45) is 0 Å². The molecule has 1 aromatic carbocycles. The van der Waals surface area contributed by atoms with Crippen molar-refractivity contribution in [1.82, 2.24) is 5.32 Å². The van der Waals surface area contributed by atoms with E-state index in [-0.39, 0.29) is 5.91 Å². The lowest BCUT2D eigenvalue weighted by molar-refractivity contribution is 0.0970. The van der Waals surface area contributed by atoms with E-state index < -0.39 is 0 Å². The number of benzene rings is 1. The van der Waals surface area contributed by atoms with Gasteiger partial charge in [-0.3, -0.25) is 4.79 Å². The van der Waals surface area contributed by atoms with E-state index in [1.165, 1.54) is 11.8 Å². The molecule has 13 heavy (non-hydrogen) atoms. The molecular formula is C11H13NO. The van der Waals surface area contributed by atoms with E-state index in [0.29, 0.717) is 5.56 Å². The number of carbonyl (C=O) groups is 1. The molecule has 1 amide bonds. The van der Waals surface area contributed by atoms with Crippen molar-refractivity contribution in [2.45, 2.75) is 13.3 Å². The maximum absolute atomic E-state index is 11.3. The van der Waals surface area contributed by atoms with Crippen LogP contribution in [0.15, 0.2) is 37.0 Å². The van der Waals surface area contributed by atoms with Crippen LogP contribution in [0, 0.1) is 0 Å². The summed E-state index contributed by atoms with van der Waals surface area (Å²) >= 11 is 0. The van der Waals surface area contributed by atoms with Crippen LogP contribution < -0.4 is 5.32 Å². The Labute approximate surface area is 78.3 Å². The second-order valence-electron chi connectivity index (χ2n) is 2.73. The first-order valence-electron chi connectivity index (χ1n) is 4.28. The minimum Gasteiger partial charge on any atom is -0.329 e. The lowest BCUT2D eigenvalue weighted by atomic mass is 10.1. The Bertz CT molecular complexity index is 300. The fourth-order valence-electron chi connectivity index (χ4n) is 1.07. The SMILES string of the molecule is C=CNC(=O)c1ccc(CC)cc1. The van der Waals surface area contributed by atoms with Gasteiger partial charge in [0.15, 0.2) is 0 Å². The van der Waals surface area contributed by atoms with Gasteiger partial charge in [0, 0.05) is 5.56 Å². The van der Waals surface area contributed by atoms with Crippen molar-refractivity contribution in [3.8, 4) is 0 Å². The first-order valence-corrected chi connectivity index (χ1v) is 4.28. The molecule has 0 aliphatic rings.